The van der Waals surface area contributed by atoms with E-state index >= 15 is 0 Å². The van der Waals surface area contributed by atoms with Gasteiger partial charge in [-0.1, -0.05) is 42.5 Å². The number of likely N-dealkylation sites (tertiary alicyclic amines) is 1. The monoisotopic (exact) mass is 470 g/mol. The molecule has 1 aliphatic rings. The lowest BCUT2D eigenvalue weighted by Crippen LogP contribution is -2.45. The zero-order chi connectivity index (χ0) is 24.4. The van der Waals surface area contributed by atoms with Gasteiger partial charge in [-0.3, -0.25) is 4.79 Å². The molecule has 0 aliphatic carbocycles. The Balaban J connectivity index is 1.44. The van der Waals surface area contributed by atoms with Crippen LogP contribution in [0.5, 0.6) is 0 Å². The Morgan fingerprint density at radius 1 is 1.03 bits per heavy atom. The summed E-state index contributed by atoms with van der Waals surface area (Å²) in [5, 5.41) is 8.45. The SMILES string of the molecule is C[C@@H]1CC[C@@H](c2nc(CN(C)C)c(-c3ccccc3)o2)CN1C(=O)c1ccccc1-n1nccn1. The summed E-state index contributed by atoms with van der Waals surface area (Å²) >= 11 is 0. The zero-order valence-electron chi connectivity index (χ0n) is 20.3. The van der Waals surface area contributed by atoms with Crippen LogP contribution in [0.15, 0.2) is 71.4 Å². The molecule has 3 heterocycles. The third-order valence-electron chi connectivity index (χ3n) is 6.48. The van der Waals surface area contributed by atoms with Crippen LogP contribution in [0.25, 0.3) is 17.0 Å². The quantitative estimate of drug-likeness (QED) is 0.416. The molecule has 0 N–H and O–H groups in total. The highest BCUT2D eigenvalue weighted by atomic mass is 16.4. The van der Waals surface area contributed by atoms with Crippen LogP contribution in [0.4, 0.5) is 0 Å². The number of hydrogen-bond acceptors (Lipinski definition) is 6. The van der Waals surface area contributed by atoms with Crippen LogP contribution in [-0.4, -0.2) is 62.4 Å². The minimum atomic E-state index is -0.0292. The van der Waals surface area contributed by atoms with Crippen molar-refractivity contribution in [2.75, 3.05) is 20.6 Å². The van der Waals surface area contributed by atoms with Crippen LogP contribution in [0, 0.1) is 0 Å². The van der Waals surface area contributed by atoms with E-state index in [9.17, 15) is 4.79 Å². The van der Waals surface area contributed by atoms with Crippen molar-refractivity contribution in [2.45, 2.75) is 38.3 Å². The first-order valence-corrected chi connectivity index (χ1v) is 12.0. The number of amides is 1. The Kier molecular flexibility index (Phi) is 6.46. The molecule has 1 amide bonds. The molecule has 180 valence electrons. The maximum Gasteiger partial charge on any atom is 0.256 e. The number of carbonyl (C=O) groups is 1. The number of para-hydroxylation sites is 1. The molecule has 0 bridgehead atoms. The van der Waals surface area contributed by atoms with Gasteiger partial charge < -0.3 is 14.2 Å². The minimum absolute atomic E-state index is 0.0292. The van der Waals surface area contributed by atoms with Gasteiger partial charge in [0.25, 0.3) is 5.91 Å². The molecule has 8 nitrogen and oxygen atoms in total. The van der Waals surface area contributed by atoms with E-state index in [1.807, 2.05) is 73.6 Å². The fourth-order valence-electron chi connectivity index (χ4n) is 4.68. The molecule has 2 aromatic carbocycles. The predicted molar refractivity (Wildman–Crippen MR) is 133 cm³/mol. The van der Waals surface area contributed by atoms with E-state index < -0.39 is 0 Å². The van der Waals surface area contributed by atoms with Crippen LogP contribution >= 0.6 is 0 Å². The Morgan fingerprint density at radius 2 is 1.74 bits per heavy atom. The summed E-state index contributed by atoms with van der Waals surface area (Å²) in [5.41, 5.74) is 3.19. The maximum atomic E-state index is 13.7. The van der Waals surface area contributed by atoms with Crippen LogP contribution in [0.3, 0.4) is 0 Å². The number of rotatable bonds is 6. The predicted octanol–water partition coefficient (Wildman–Crippen LogP) is 4.39. The van der Waals surface area contributed by atoms with Gasteiger partial charge in [0, 0.05) is 24.7 Å². The highest BCUT2D eigenvalue weighted by Crippen LogP contribution is 2.35. The Morgan fingerprint density at radius 3 is 2.49 bits per heavy atom. The van der Waals surface area contributed by atoms with Crippen molar-refractivity contribution in [3.8, 4) is 17.0 Å². The first kappa shape index (κ1) is 23.0. The van der Waals surface area contributed by atoms with Gasteiger partial charge in [0.05, 0.1) is 29.6 Å². The first-order valence-electron chi connectivity index (χ1n) is 12.0. The molecule has 5 rings (SSSR count). The molecule has 1 aliphatic heterocycles. The van der Waals surface area contributed by atoms with Gasteiger partial charge in [0.15, 0.2) is 11.7 Å². The molecule has 2 aromatic heterocycles. The topological polar surface area (TPSA) is 80.3 Å². The Bertz CT molecular complexity index is 1280. The maximum absolute atomic E-state index is 13.7. The highest BCUT2D eigenvalue weighted by molar-refractivity contribution is 5.98. The molecular weight excluding hydrogens is 440 g/mol. The van der Waals surface area contributed by atoms with Gasteiger partial charge in [-0.15, -0.1) is 0 Å². The van der Waals surface area contributed by atoms with Crippen molar-refractivity contribution >= 4 is 5.91 Å². The molecule has 4 aromatic rings. The van der Waals surface area contributed by atoms with Gasteiger partial charge >= 0.3 is 0 Å². The molecule has 1 saturated heterocycles. The molecule has 0 unspecified atom stereocenters. The third kappa shape index (κ3) is 4.74. The number of benzene rings is 2. The fourth-order valence-corrected chi connectivity index (χ4v) is 4.68. The number of aromatic nitrogens is 4. The largest absolute Gasteiger partial charge is 0.440 e. The average molecular weight is 471 g/mol. The van der Waals surface area contributed by atoms with Crippen molar-refractivity contribution in [3.63, 3.8) is 0 Å². The van der Waals surface area contributed by atoms with Crippen LogP contribution in [-0.2, 0) is 6.54 Å². The lowest BCUT2D eigenvalue weighted by molar-refractivity contribution is 0.0597. The van der Waals surface area contributed by atoms with Crippen molar-refractivity contribution in [3.05, 3.63) is 84.1 Å². The first-order chi connectivity index (χ1) is 17.0. The van der Waals surface area contributed by atoms with E-state index in [0.717, 1.165) is 29.9 Å². The van der Waals surface area contributed by atoms with Crippen LogP contribution in [0.2, 0.25) is 0 Å². The van der Waals surface area contributed by atoms with E-state index in [1.54, 1.807) is 12.4 Å². The highest BCUT2D eigenvalue weighted by Gasteiger charge is 2.34. The molecule has 0 radical (unpaired) electrons. The summed E-state index contributed by atoms with van der Waals surface area (Å²) in [6.07, 6.45) is 5.02. The molecule has 1 fully saturated rings. The van der Waals surface area contributed by atoms with Crippen molar-refractivity contribution < 1.29 is 9.21 Å². The summed E-state index contributed by atoms with van der Waals surface area (Å²) in [4.78, 5) is 24.2. The minimum Gasteiger partial charge on any atom is -0.440 e. The smallest absolute Gasteiger partial charge is 0.256 e. The number of carbonyl (C=O) groups excluding carboxylic acids is 1. The van der Waals surface area contributed by atoms with E-state index in [0.29, 0.717) is 30.2 Å². The van der Waals surface area contributed by atoms with E-state index in [2.05, 4.69) is 22.0 Å². The van der Waals surface area contributed by atoms with Gasteiger partial charge in [-0.2, -0.15) is 15.0 Å². The lowest BCUT2D eigenvalue weighted by atomic mass is 9.92. The van der Waals surface area contributed by atoms with Gasteiger partial charge in [0.2, 0.25) is 0 Å². The molecule has 0 saturated carbocycles. The molecule has 35 heavy (non-hydrogen) atoms. The van der Waals surface area contributed by atoms with Crippen molar-refractivity contribution in [1.82, 2.24) is 29.8 Å². The Labute approximate surface area is 205 Å². The molecule has 8 heteroatoms. The van der Waals surface area contributed by atoms with E-state index in [4.69, 9.17) is 9.40 Å². The van der Waals surface area contributed by atoms with E-state index in [-0.39, 0.29) is 17.9 Å². The van der Waals surface area contributed by atoms with Gasteiger partial charge in [-0.05, 0) is 46.0 Å². The van der Waals surface area contributed by atoms with Crippen LogP contribution < -0.4 is 0 Å². The molecule has 2 atom stereocenters. The number of nitrogens with zero attached hydrogens (tertiary/aromatic N) is 6. The summed E-state index contributed by atoms with van der Waals surface area (Å²) in [7, 11) is 4.05. The number of oxazole rings is 1. The number of hydrogen-bond donors (Lipinski definition) is 0. The number of piperidine rings is 1. The van der Waals surface area contributed by atoms with Crippen molar-refractivity contribution in [1.29, 1.82) is 0 Å². The Hall–Kier alpha value is -3.78. The average Bonchev–Trinajstić information content (AvgIpc) is 3.55. The standard InChI is InChI=1S/C27H30N6O2/c1-19-13-14-21(26-30-23(18-31(2)3)25(35-26)20-9-5-4-6-10-20)17-32(19)27(34)22-11-7-8-12-24(22)33-28-15-16-29-33/h4-12,15-16,19,21H,13-14,17-18H2,1-3H3/t19-,21-/m1/s1. The molecule has 0 spiro atoms. The third-order valence-corrected chi connectivity index (χ3v) is 6.48. The van der Waals surface area contributed by atoms with Gasteiger partial charge in [0.1, 0.15) is 5.69 Å². The van der Waals surface area contributed by atoms with Crippen molar-refractivity contribution in [2.24, 2.45) is 0 Å². The summed E-state index contributed by atoms with van der Waals surface area (Å²) in [6.45, 7) is 3.34. The normalized spacial score (nSPS) is 18.2. The van der Waals surface area contributed by atoms with E-state index in [1.165, 1.54) is 4.80 Å². The second kappa shape index (κ2) is 9.84. The van der Waals surface area contributed by atoms with Gasteiger partial charge in [-0.25, -0.2) is 4.98 Å². The summed E-state index contributed by atoms with van der Waals surface area (Å²) in [5.74, 6) is 1.51. The lowest BCUT2D eigenvalue weighted by Gasteiger charge is -2.37. The second-order valence-corrected chi connectivity index (χ2v) is 9.35. The summed E-state index contributed by atoms with van der Waals surface area (Å²) in [6, 6.07) is 17.7. The fraction of sp³-hybridized carbons (Fsp3) is 0.333. The molecular formula is C27H30N6O2. The van der Waals surface area contributed by atoms with Crippen LogP contribution in [0.1, 0.15) is 47.6 Å². The zero-order valence-corrected chi connectivity index (χ0v) is 20.3. The second-order valence-electron chi connectivity index (χ2n) is 9.35. The summed E-state index contributed by atoms with van der Waals surface area (Å²) < 4.78 is 6.39.